The zero-order valence-electron chi connectivity index (χ0n) is 14.9. The molecule has 0 radical (unpaired) electrons. The highest BCUT2D eigenvalue weighted by Gasteiger charge is 2.18. The first-order chi connectivity index (χ1) is 12.6. The van der Waals surface area contributed by atoms with Gasteiger partial charge in [0.2, 0.25) is 5.91 Å². The Kier molecular flexibility index (Phi) is 7.63. The Morgan fingerprint density at radius 2 is 2.15 bits per heavy atom. The van der Waals surface area contributed by atoms with E-state index in [4.69, 9.17) is 10.5 Å². The van der Waals surface area contributed by atoms with Crippen molar-refractivity contribution >= 4 is 29.9 Å². The maximum Gasteiger partial charge on any atom is 0.276 e. The molecule has 0 aliphatic carbocycles. The number of halogens is 1. The Morgan fingerprint density at radius 3 is 2.89 bits per heavy atom. The highest BCUT2D eigenvalue weighted by molar-refractivity contribution is 6.03. The summed E-state index contributed by atoms with van der Waals surface area (Å²) in [6.45, 7) is 2.04. The molecule has 9 heteroatoms. The van der Waals surface area contributed by atoms with Crippen molar-refractivity contribution in [2.45, 2.75) is 25.3 Å². The summed E-state index contributed by atoms with van der Waals surface area (Å²) in [4.78, 5) is 23.3. The summed E-state index contributed by atoms with van der Waals surface area (Å²) in [6, 6.07) is 9.03. The summed E-state index contributed by atoms with van der Waals surface area (Å²) < 4.78 is 7.38. The fourth-order valence-corrected chi connectivity index (χ4v) is 2.87. The Balaban J connectivity index is 0.00000261. The van der Waals surface area contributed by atoms with Gasteiger partial charge in [-0.1, -0.05) is 12.1 Å². The fraction of sp³-hybridized carbons (Fsp3) is 0.389. The zero-order chi connectivity index (χ0) is 18.4. The average molecular weight is 394 g/mol. The van der Waals surface area contributed by atoms with Crippen LogP contribution in [0.1, 0.15) is 35.8 Å². The second-order valence-corrected chi connectivity index (χ2v) is 6.20. The van der Waals surface area contributed by atoms with E-state index in [-0.39, 0.29) is 37.4 Å². The molecular formula is C18H24ClN5O3. The molecular weight excluding hydrogens is 370 g/mol. The minimum atomic E-state index is -0.436. The van der Waals surface area contributed by atoms with Crippen molar-refractivity contribution in [3.8, 4) is 5.75 Å². The van der Waals surface area contributed by atoms with Gasteiger partial charge in [-0.2, -0.15) is 5.10 Å². The van der Waals surface area contributed by atoms with Crippen molar-refractivity contribution in [2.24, 2.45) is 5.73 Å². The lowest BCUT2D eigenvalue weighted by atomic mass is 10.1. The number of aromatic nitrogens is 2. The number of benzene rings is 1. The van der Waals surface area contributed by atoms with Crippen LogP contribution in [0.3, 0.4) is 0 Å². The predicted octanol–water partition coefficient (Wildman–Crippen LogP) is 1.74. The standard InChI is InChI=1S/C18H23N5O3.ClH/c19-17(24)8-11-26-16-6-2-1-5-14(16)21-18(25)15-7-10-23(22-15)13-4-3-9-20-12-13;/h1-2,5-7,10,13,20H,3-4,8-9,11-12H2,(H2,19,24)(H,21,25);1H. The number of carbonyl (C=O) groups is 2. The van der Waals surface area contributed by atoms with E-state index in [9.17, 15) is 9.59 Å². The maximum atomic E-state index is 12.5. The molecule has 1 aliphatic rings. The van der Waals surface area contributed by atoms with E-state index in [1.807, 2.05) is 10.9 Å². The second-order valence-electron chi connectivity index (χ2n) is 6.20. The SMILES string of the molecule is Cl.NC(=O)CCOc1ccccc1NC(=O)c1ccn(C2CCCNC2)n1. The monoisotopic (exact) mass is 393 g/mol. The number of amides is 2. The quantitative estimate of drug-likeness (QED) is 0.663. The summed E-state index contributed by atoms with van der Waals surface area (Å²) in [6.07, 6.45) is 4.10. The lowest BCUT2D eigenvalue weighted by molar-refractivity contribution is -0.118. The highest BCUT2D eigenvalue weighted by atomic mass is 35.5. The number of primary amides is 1. The molecule has 3 rings (SSSR count). The Morgan fingerprint density at radius 1 is 1.33 bits per heavy atom. The van der Waals surface area contributed by atoms with Crippen LogP contribution in [0.5, 0.6) is 5.75 Å². The van der Waals surface area contributed by atoms with Crippen LogP contribution < -0.4 is 21.1 Å². The molecule has 1 atom stereocenters. The molecule has 8 nitrogen and oxygen atoms in total. The number of nitrogens with two attached hydrogens (primary N) is 1. The van der Waals surface area contributed by atoms with Gasteiger partial charge in [-0.15, -0.1) is 12.4 Å². The summed E-state index contributed by atoms with van der Waals surface area (Å²) in [5, 5.41) is 10.6. The first-order valence-electron chi connectivity index (χ1n) is 8.71. The van der Waals surface area contributed by atoms with Crippen molar-refractivity contribution in [3.05, 3.63) is 42.2 Å². The smallest absolute Gasteiger partial charge is 0.276 e. The van der Waals surface area contributed by atoms with Crippen LogP contribution in [0.25, 0.3) is 0 Å². The number of rotatable bonds is 7. The summed E-state index contributed by atoms with van der Waals surface area (Å²) >= 11 is 0. The van der Waals surface area contributed by atoms with Gasteiger partial charge in [0.15, 0.2) is 5.69 Å². The largest absolute Gasteiger partial charge is 0.491 e. The fourth-order valence-electron chi connectivity index (χ4n) is 2.87. The molecule has 27 heavy (non-hydrogen) atoms. The molecule has 146 valence electrons. The van der Waals surface area contributed by atoms with E-state index < -0.39 is 5.91 Å². The van der Waals surface area contributed by atoms with Gasteiger partial charge in [-0.05, 0) is 37.6 Å². The van der Waals surface area contributed by atoms with E-state index in [1.54, 1.807) is 30.3 Å². The minimum Gasteiger partial charge on any atom is -0.491 e. The van der Waals surface area contributed by atoms with Gasteiger partial charge in [0.05, 0.1) is 24.8 Å². The predicted molar refractivity (Wildman–Crippen MR) is 104 cm³/mol. The number of carbonyl (C=O) groups excluding carboxylic acids is 2. The lowest BCUT2D eigenvalue weighted by Gasteiger charge is -2.22. The molecule has 1 fully saturated rings. The number of piperidine rings is 1. The highest BCUT2D eigenvalue weighted by Crippen LogP contribution is 2.24. The molecule has 4 N–H and O–H groups in total. The number of nitrogens with one attached hydrogen (secondary N) is 2. The number of para-hydroxylation sites is 2. The first kappa shape index (κ1) is 20.7. The molecule has 1 aromatic carbocycles. The van der Waals surface area contributed by atoms with Crippen molar-refractivity contribution in [2.75, 3.05) is 25.0 Å². The number of hydrogen-bond acceptors (Lipinski definition) is 5. The number of anilines is 1. The van der Waals surface area contributed by atoms with Gasteiger partial charge in [0, 0.05) is 12.7 Å². The molecule has 2 heterocycles. The first-order valence-corrected chi connectivity index (χ1v) is 8.71. The Bertz CT molecular complexity index is 774. The van der Waals surface area contributed by atoms with Crippen LogP contribution in [0.15, 0.2) is 36.5 Å². The molecule has 1 saturated heterocycles. The third kappa shape index (κ3) is 5.70. The van der Waals surface area contributed by atoms with E-state index in [1.165, 1.54) is 0 Å². The van der Waals surface area contributed by atoms with Gasteiger partial charge in [0.1, 0.15) is 5.75 Å². The van der Waals surface area contributed by atoms with Crippen molar-refractivity contribution in [3.63, 3.8) is 0 Å². The van der Waals surface area contributed by atoms with Gasteiger partial charge in [0.25, 0.3) is 5.91 Å². The number of ether oxygens (including phenoxy) is 1. The van der Waals surface area contributed by atoms with Crippen LogP contribution in [-0.2, 0) is 4.79 Å². The van der Waals surface area contributed by atoms with Gasteiger partial charge < -0.3 is 21.1 Å². The van der Waals surface area contributed by atoms with Crippen molar-refractivity contribution in [1.82, 2.24) is 15.1 Å². The van der Waals surface area contributed by atoms with Gasteiger partial charge >= 0.3 is 0 Å². The lowest BCUT2D eigenvalue weighted by Crippen LogP contribution is -2.32. The Hall–Kier alpha value is -2.58. The summed E-state index contributed by atoms with van der Waals surface area (Å²) in [5.41, 5.74) is 5.98. The van der Waals surface area contributed by atoms with Crippen LogP contribution in [-0.4, -0.2) is 41.3 Å². The number of nitrogens with zero attached hydrogens (tertiary/aromatic N) is 2. The van der Waals surface area contributed by atoms with Gasteiger partial charge in [-0.25, -0.2) is 0 Å². The zero-order valence-corrected chi connectivity index (χ0v) is 15.7. The maximum absolute atomic E-state index is 12.5. The normalized spacial score (nSPS) is 16.2. The van der Waals surface area contributed by atoms with E-state index in [0.29, 0.717) is 17.1 Å². The molecule has 2 amide bonds. The minimum absolute atomic E-state index is 0. The molecule has 0 spiro atoms. The number of hydrogen-bond donors (Lipinski definition) is 3. The van der Waals surface area contributed by atoms with Crippen LogP contribution in [0.2, 0.25) is 0 Å². The van der Waals surface area contributed by atoms with E-state index in [0.717, 1.165) is 25.9 Å². The molecule has 0 bridgehead atoms. The second kappa shape index (κ2) is 9.94. The van der Waals surface area contributed by atoms with Crippen molar-refractivity contribution in [1.29, 1.82) is 0 Å². The molecule has 2 aromatic rings. The molecule has 1 unspecified atom stereocenters. The van der Waals surface area contributed by atoms with Gasteiger partial charge in [-0.3, -0.25) is 14.3 Å². The Labute approximate surface area is 163 Å². The average Bonchev–Trinajstić information content (AvgIpc) is 3.14. The van der Waals surface area contributed by atoms with E-state index in [2.05, 4.69) is 15.7 Å². The van der Waals surface area contributed by atoms with Crippen LogP contribution in [0, 0.1) is 0 Å². The topological polar surface area (TPSA) is 111 Å². The van der Waals surface area contributed by atoms with Crippen LogP contribution >= 0.6 is 12.4 Å². The van der Waals surface area contributed by atoms with Crippen LogP contribution in [0.4, 0.5) is 5.69 Å². The summed E-state index contributed by atoms with van der Waals surface area (Å²) in [7, 11) is 0. The third-order valence-corrected chi connectivity index (χ3v) is 4.23. The summed E-state index contributed by atoms with van der Waals surface area (Å²) in [5.74, 6) is -0.259. The third-order valence-electron chi connectivity index (χ3n) is 4.23. The molecule has 1 aliphatic heterocycles. The van der Waals surface area contributed by atoms with E-state index >= 15 is 0 Å². The van der Waals surface area contributed by atoms with Crippen molar-refractivity contribution < 1.29 is 14.3 Å². The molecule has 1 aromatic heterocycles. The molecule has 0 saturated carbocycles.